The average molecular weight is 234 g/mol. The Morgan fingerprint density at radius 1 is 1.40 bits per heavy atom. The second-order valence-electron chi connectivity index (χ2n) is 2.93. The second-order valence-corrected chi connectivity index (χ2v) is 3.37. The molecule has 0 heterocycles. The molecule has 0 bridgehead atoms. The van der Waals surface area contributed by atoms with Crippen LogP contribution < -0.4 is 15.2 Å². The number of hydrogen-bond acceptors (Lipinski definition) is 3. The normalized spacial score (nSPS) is 12.3. The Morgan fingerprint density at radius 3 is 2.53 bits per heavy atom. The van der Waals surface area contributed by atoms with Gasteiger partial charge in [-0.1, -0.05) is 11.6 Å². The number of benzene rings is 1. The molecule has 1 unspecified atom stereocenters. The molecule has 0 radical (unpaired) electrons. The quantitative estimate of drug-likeness (QED) is 0.868. The van der Waals surface area contributed by atoms with Gasteiger partial charge in [0.15, 0.2) is 11.5 Å². The van der Waals surface area contributed by atoms with Crippen LogP contribution in [0, 0.1) is 0 Å². The molecule has 1 aromatic carbocycles. The predicted molar refractivity (Wildman–Crippen MR) is 57.5 cm³/mol. The summed E-state index contributed by atoms with van der Waals surface area (Å²) in [5, 5.41) is 0.388. The molecule has 0 aromatic heterocycles. The highest BCUT2D eigenvalue weighted by Gasteiger charge is 2.18. The summed E-state index contributed by atoms with van der Waals surface area (Å²) in [7, 11) is 2.91. The van der Waals surface area contributed by atoms with Crippen LogP contribution in [0.3, 0.4) is 0 Å². The van der Waals surface area contributed by atoms with Crippen molar-refractivity contribution in [2.75, 3.05) is 20.8 Å². The lowest BCUT2D eigenvalue weighted by Crippen LogP contribution is -2.09. The molecule has 0 saturated heterocycles. The van der Waals surface area contributed by atoms with Gasteiger partial charge in [0.25, 0.3) is 0 Å². The highest BCUT2D eigenvalue weighted by Crippen LogP contribution is 2.38. The fourth-order valence-electron chi connectivity index (χ4n) is 1.32. The molecule has 1 rings (SSSR count). The molecule has 0 saturated carbocycles. The van der Waals surface area contributed by atoms with Gasteiger partial charge in [0, 0.05) is 23.2 Å². The molecule has 0 aliphatic rings. The molecule has 84 valence electrons. The van der Waals surface area contributed by atoms with Crippen LogP contribution in [0.15, 0.2) is 12.1 Å². The van der Waals surface area contributed by atoms with Crippen LogP contribution >= 0.6 is 11.6 Å². The lowest BCUT2D eigenvalue weighted by molar-refractivity contribution is 0.315. The summed E-state index contributed by atoms with van der Waals surface area (Å²) in [5.41, 5.74) is 5.56. The van der Waals surface area contributed by atoms with Gasteiger partial charge in [-0.15, -0.1) is 0 Å². The van der Waals surface area contributed by atoms with Crippen LogP contribution in [-0.4, -0.2) is 20.8 Å². The Kier molecular flexibility index (Phi) is 4.17. The number of methoxy groups -OCH3 is 2. The zero-order chi connectivity index (χ0) is 11.4. The van der Waals surface area contributed by atoms with Crippen LogP contribution in [0.4, 0.5) is 4.39 Å². The molecule has 3 nitrogen and oxygen atoms in total. The fraction of sp³-hybridized carbons (Fsp3) is 0.400. The summed E-state index contributed by atoms with van der Waals surface area (Å²) < 4.78 is 23.6. The summed E-state index contributed by atoms with van der Waals surface area (Å²) in [6, 6.07) is 3.05. The third kappa shape index (κ3) is 2.52. The second kappa shape index (κ2) is 5.19. The topological polar surface area (TPSA) is 44.5 Å². The van der Waals surface area contributed by atoms with E-state index in [1.807, 2.05) is 0 Å². The first kappa shape index (κ1) is 12.1. The first-order valence-corrected chi connectivity index (χ1v) is 4.77. The maximum Gasteiger partial charge on any atom is 0.166 e. The van der Waals surface area contributed by atoms with Crippen molar-refractivity contribution in [2.24, 2.45) is 5.73 Å². The van der Waals surface area contributed by atoms with E-state index in [0.29, 0.717) is 22.1 Å². The summed E-state index contributed by atoms with van der Waals surface area (Å²) in [4.78, 5) is 0. The molecule has 1 aromatic rings. The third-order valence-electron chi connectivity index (χ3n) is 2.02. The molecule has 0 spiro atoms. The number of rotatable bonds is 4. The summed E-state index contributed by atoms with van der Waals surface area (Å²) >= 11 is 5.82. The average Bonchev–Trinajstić information content (AvgIpc) is 2.26. The van der Waals surface area contributed by atoms with Crippen molar-refractivity contribution in [3.63, 3.8) is 0 Å². The Balaban J connectivity index is 3.28. The van der Waals surface area contributed by atoms with E-state index in [4.69, 9.17) is 26.8 Å². The van der Waals surface area contributed by atoms with Gasteiger partial charge >= 0.3 is 0 Å². The van der Waals surface area contributed by atoms with Gasteiger partial charge in [0.05, 0.1) is 14.2 Å². The van der Waals surface area contributed by atoms with Crippen LogP contribution in [0.5, 0.6) is 11.5 Å². The summed E-state index contributed by atoms with van der Waals surface area (Å²) in [5.74, 6) is 0.732. The highest BCUT2D eigenvalue weighted by atomic mass is 35.5. The van der Waals surface area contributed by atoms with Gasteiger partial charge < -0.3 is 15.2 Å². The van der Waals surface area contributed by atoms with Gasteiger partial charge in [-0.05, 0) is 6.07 Å². The molecule has 5 heteroatoms. The van der Waals surface area contributed by atoms with Gasteiger partial charge in [0.1, 0.15) is 6.17 Å². The number of alkyl halides is 1. The smallest absolute Gasteiger partial charge is 0.166 e. The van der Waals surface area contributed by atoms with Crippen molar-refractivity contribution in [3.05, 3.63) is 22.7 Å². The lowest BCUT2D eigenvalue weighted by Gasteiger charge is -2.15. The van der Waals surface area contributed by atoms with Gasteiger partial charge in [-0.25, -0.2) is 4.39 Å². The largest absolute Gasteiger partial charge is 0.493 e. The highest BCUT2D eigenvalue weighted by molar-refractivity contribution is 6.30. The molecule has 0 aliphatic heterocycles. The Bertz CT molecular complexity index is 346. The van der Waals surface area contributed by atoms with Gasteiger partial charge in [-0.2, -0.15) is 0 Å². The van der Waals surface area contributed by atoms with Crippen molar-refractivity contribution in [3.8, 4) is 11.5 Å². The number of nitrogens with two attached hydrogens (primary N) is 1. The predicted octanol–water partition coefficient (Wildman–Crippen LogP) is 2.33. The van der Waals surface area contributed by atoms with Crippen molar-refractivity contribution >= 4 is 11.6 Å². The molecule has 0 fully saturated rings. The van der Waals surface area contributed by atoms with E-state index >= 15 is 0 Å². The van der Waals surface area contributed by atoms with Gasteiger partial charge in [-0.3, -0.25) is 0 Å². The maximum atomic E-state index is 13.5. The molecule has 0 amide bonds. The van der Waals surface area contributed by atoms with Crippen molar-refractivity contribution in [2.45, 2.75) is 6.17 Å². The number of hydrogen-bond donors (Lipinski definition) is 1. The zero-order valence-corrected chi connectivity index (χ0v) is 9.34. The molecule has 0 aliphatic carbocycles. The Morgan fingerprint density at radius 2 is 2.07 bits per heavy atom. The fourth-order valence-corrected chi connectivity index (χ4v) is 1.54. The van der Waals surface area contributed by atoms with Crippen LogP contribution in [0.25, 0.3) is 0 Å². The minimum atomic E-state index is -1.31. The van der Waals surface area contributed by atoms with E-state index in [1.165, 1.54) is 20.3 Å². The standard InChI is InChI=1S/C10H13ClFNO2/c1-14-9-4-6(11)3-7(8(12)5-13)10(9)15-2/h3-4,8H,5,13H2,1-2H3. The van der Waals surface area contributed by atoms with Crippen LogP contribution in [-0.2, 0) is 0 Å². The molecule has 2 N–H and O–H groups in total. The van der Waals surface area contributed by atoms with Crippen LogP contribution in [0.1, 0.15) is 11.7 Å². The van der Waals surface area contributed by atoms with E-state index in [2.05, 4.69) is 0 Å². The molecule has 15 heavy (non-hydrogen) atoms. The zero-order valence-electron chi connectivity index (χ0n) is 8.59. The lowest BCUT2D eigenvalue weighted by atomic mass is 10.1. The molecular weight excluding hydrogens is 221 g/mol. The first-order chi connectivity index (χ1) is 7.13. The van der Waals surface area contributed by atoms with Gasteiger partial charge in [0.2, 0.25) is 0 Å². The van der Waals surface area contributed by atoms with Crippen molar-refractivity contribution in [1.29, 1.82) is 0 Å². The van der Waals surface area contributed by atoms with Crippen molar-refractivity contribution in [1.82, 2.24) is 0 Å². The van der Waals surface area contributed by atoms with E-state index in [0.717, 1.165) is 0 Å². The molecular formula is C10H13ClFNO2. The van der Waals surface area contributed by atoms with Crippen LogP contribution in [0.2, 0.25) is 5.02 Å². The number of ether oxygens (including phenoxy) is 2. The summed E-state index contributed by atoms with van der Waals surface area (Å²) in [6.07, 6.45) is -1.31. The Labute approximate surface area is 92.9 Å². The third-order valence-corrected chi connectivity index (χ3v) is 2.24. The minimum Gasteiger partial charge on any atom is -0.493 e. The Hall–Kier alpha value is -1.00. The minimum absolute atomic E-state index is 0.125. The summed E-state index contributed by atoms with van der Waals surface area (Å²) in [6.45, 7) is -0.125. The van der Waals surface area contributed by atoms with E-state index in [-0.39, 0.29) is 6.54 Å². The van der Waals surface area contributed by atoms with E-state index in [9.17, 15) is 4.39 Å². The SMILES string of the molecule is COc1cc(Cl)cc(C(F)CN)c1OC. The first-order valence-electron chi connectivity index (χ1n) is 4.39. The molecule has 1 atom stereocenters. The van der Waals surface area contributed by atoms with Crippen molar-refractivity contribution < 1.29 is 13.9 Å². The van der Waals surface area contributed by atoms with E-state index < -0.39 is 6.17 Å². The maximum absolute atomic E-state index is 13.5. The monoisotopic (exact) mass is 233 g/mol. The van der Waals surface area contributed by atoms with E-state index in [1.54, 1.807) is 6.07 Å². The number of halogens is 2.